The number of anilines is 1. The van der Waals surface area contributed by atoms with E-state index in [2.05, 4.69) is 23.5 Å². The van der Waals surface area contributed by atoms with Gasteiger partial charge in [-0.05, 0) is 64.9 Å². The smallest absolute Gasteiger partial charge is 0.335 e. The quantitative estimate of drug-likeness (QED) is 0.532. The topological polar surface area (TPSA) is 49.3 Å². The largest absolute Gasteiger partial charge is 0.478 e. The molecule has 3 atom stereocenters. The highest BCUT2D eigenvalue weighted by molar-refractivity contribution is 6.35. The molecule has 28 heavy (non-hydrogen) atoms. The van der Waals surface area contributed by atoms with Gasteiger partial charge in [0.15, 0.2) is 0 Å². The van der Waals surface area contributed by atoms with E-state index in [4.69, 9.17) is 23.2 Å². The number of fused-ring (bicyclic) bond motifs is 5. The maximum absolute atomic E-state index is 11.5. The second-order valence-electron chi connectivity index (χ2n) is 7.44. The molecular formula is C23H17Cl2NO2. The van der Waals surface area contributed by atoms with Gasteiger partial charge in [0, 0.05) is 21.7 Å². The van der Waals surface area contributed by atoms with Crippen molar-refractivity contribution in [1.29, 1.82) is 0 Å². The Morgan fingerprint density at radius 1 is 0.964 bits per heavy atom. The molecule has 2 aliphatic rings. The average Bonchev–Trinajstić information content (AvgIpc) is 3.07. The third-order valence-electron chi connectivity index (χ3n) is 5.94. The second-order valence-corrected chi connectivity index (χ2v) is 8.28. The fourth-order valence-corrected chi connectivity index (χ4v) is 5.28. The van der Waals surface area contributed by atoms with Gasteiger partial charge in [0.25, 0.3) is 0 Å². The molecule has 1 heterocycles. The van der Waals surface area contributed by atoms with Crippen LogP contribution >= 0.6 is 23.2 Å². The average molecular weight is 410 g/mol. The fourth-order valence-electron chi connectivity index (χ4n) is 4.76. The van der Waals surface area contributed by atoms with E-state index in [-0.39, 0.29) is 17.9 Å². The highest BCUT2D eigenvalue weighted by Gasteiger charge is 2.43. The predicted molar refractivity (Wildman–Crippen MR) is 112 cm³/mol. The van der Waals surface area contributed by atoms with E-state index in [0.717, 1.165) is 23.2 Å². The predicted octanol–water partition coefficient (Wildman–Crippen LogP) is 6.16. The first-order valence-electron chi connectivity index (χ1n) is 9.19. The first-order valence-corrected chi connectivity index (χ1v) is 9.95. The van der Waals surface area contributed by atoms with Gasteiger partial charge in [0.1, 0.15) is 0 Å². The lowest BCUT2D eigenvalue weighted by atomic mass is 9.75. The summed E-state index contributed by atoms with van der Waals surface area (Å²) < 4.78 is 0. The molecule has 0 bridgehead atoms. The van der Waals surface area contributed by atoms with E-state index >= 15 is 0 Å². The summed E-state index contributed by atoms with van der Waals surface area (Å²) in [7, 11) is 0. The van der Waals surface area contributed by atoms with Crippen LogP contribution in [0.2, 0.25) is 10.0 Å². The molecule has 0 saturated carbocycles. The summed E-state index contributed by atoms with van der Waals surface area (Å²) in [6.45, 7) is 0. The zero-order valence-corrected chi connectivity index (χ0v) is 16.3. The molecule has 1 aliphatic heterocycles. The van der Waals surface area contributed by atoms with E-state index in [0.29, 0.717) is 15.6 Å². The highest BCUT2D eigenvalue weighted by Crippen LogP contribution is 2.54. The number of halogens is 2. The van der Waals surface area contributed by atoms with Crippen molar-refractivity contribution in [3.63, 3.8) is 0 Å². The Hall–Kier alpha value is -2.49. The Morgan fingerprint density at radius 3 is 2.57 bits per heavy atom. The Balaban J connectivity index is 1.70. The van der Waals surface area contributed by atoms with Crippen molar-refractivity contribution in [2.75, 3.05) is 5.32 Å². The van der Waals surface area contributed by atoms with E-state index in [1.807, 2.05) is 30.3 Å². The van der Waals surface area contributed by atoms with E-state index in [1.54, 1.807) is 12.1 Å². The summed E-state index contributed by atoms with van der Waals surface area (Å²) in [6.07, 6.45) is 0.911. The lowest BCUT2D eigenvalue weighted by Crippen LogP contribution is -2.30. The number of carboxylic acid groups (broad SMARTS) is 1. The van der Waals surface area contributed by atoms with Gasteiger partial charge >= 0.3 is 5.97 Å². The monoisotopic (exact) mass is 409 g/mol. The third kappa shape index (κ3) is 2.69. The fraction of sp³-hybridized carbons (Fsp3) is 0.174. The lowest BCUT2D eigenvalue weighted by molar-refractivity contribution is 0.0696. The van der Waals surface area contributed by atoms with Gasteiger partial charge in [-0.1, -0.05) is 53.5 Å². The van der Waals surface area contributed by atoms with Crippen LogP contribution in [-0.2, 0) is 6.42 Å². The van der Waals surface area contributed by atoms with Crippen molar-refractivity contribution >= 4 is 34.9 Å². The minimum absolute atomic E-state index is 0.0188. The van der Waals surface area contributed by atoms with Gasteiger partial charge in [-0.3, -0.25) is 0 Å². The molecule has 3 aromatic carbocycles. The molecule has 3 nitrogen and oxygen atoms in total. The molecule has 1 aliphatic carbocycles. The summed E-state index contributed by atoms with van der Waals surface area (Å²) in [5.41, 5.74) is 5.90. The van der Waals surface area contributed by atoms with Gasteiger partial charge in [0.05, 0.1) is 11.6 Å². The van der Waals surface area contributed by atoms with E-state index < -0.39 is 5.97 Å². The molecule has 0 spiro atoms. The maximum atomic E-state index is 11.5. The Morgan fingerprint density at radius 2 is 1.79 bits per heavy atom. The number of hydrogen-bond donors (Lipinski definition) is 2. The number of carbonyl (C=O) groups is 1. The third-order valence-corrected chi connectivity index (χ3v) is 6.51. The summed E-state index contributed by atoms with van der Waals surface area (Å²) in [4.78, 5) is 11.5. The van der Waals surface area contributed by atoms with Crippen molar-refractivity contribution in [2.45, 2.75) is 18.4 Å². The molecule has 0 unspecified atom stereocenters. The molecule has 5 rings (SSSR count). The van der Waals surface area contributed by atoms with Crippen molar-refractivity contribution in [3.05, 3.63) is 98.5 Å². The normalized spacial score (nSPS) is 22.0. The molecule has 0 saturated heterocycles. The van der Waals surface area contributed by atoms with Crippen molar-refractivity contribution in [3.8, 4) is 0 Å². The highest BCUT2D eigenvalue weighted by atomic mass is 35.5. The molecule has 0 aromatic heterocycles. The number of nitrogens with one attached hydrogen (secondary N) is 1. The number of aromatic carboxylic acids is 1. The van der Waals surface area contributed by atoms with E-state index in [9.17, 15) is 9.90 Å². The first kappa shape index (κ1) is 17.6. The maximum Gasteiger partial charge on any atom is 0.335 e. The zero-order valence-electron chi connectivity index (χ0n) is 14.8. The van der Waals surface area contributed by atoms with Crippen LogP contribution < -0.4 is 5.32 Å². The van der Waals surface area contributed by atoms with Gasteiger partial charge in [0.2, 0.25) is 0 Å². The summed E-state index contributed by atoms with van der Waals surface area (Å²) >= 11 is 12.7. The van der Waals surface area contributed by atoms with Crippen LogP contribution in [0.15, 0.2) is 60.7 Å². The molecule has 2 N–H and O–H groups in total. The van der Waals surface area contributed by atoms with Crippen LogP contribution in [0.25, 0.3) is 0 Å². The number of hydrogen-bond acceptors (Lipinski definition) is 2. The molecule has 0 radical (unpaired) electrons. The van der Waals surface area contributed by atoms with Crippen molar-refractivity contribution in [2.24, 2.45) is 5.92 Å². The zero-order chi connectivity index (χ0) is 19.4. The summed E-state index contributed by atoms with van der Waals surface area (Å²) in [5, 5.41) is 14.3. The van der Waals surface area contributed by atoms with Crippen LogP contribution in [0.5, 0.6) is 0 Å². The number of benzene rings is 3. The molecular weight excluding hydrogens is 393 g/mol. The summed E-state index contributed by atoms with van der Waals surface area (Å²) in [6, 6.07) is 19.4. The van der Waals surface area contributed by atoms with Gasteiger partial charge in [-0.15, -0.1) is 0 Å². The van der Waals surface area contributed by atoms with Gasteiger partial charge < -0.3 is 10.4 Å². The molecule has 3 aromatic rings. The Kier molecular flexibility index (Phi) is 4.11. The Bertz CT molecular complexity index is 1110. The summed E-state index contributed by atoms with van der Waals surface area (Å²) in [5.74, 6) is -0.537. The van der Waals surface area contributed by atoms with E-state index in [1.165, 1.54) is 11.1 Å². The van der Waals surface area contributed by atoms with Crippen LogP contribution in [0.4, 0.5) is 5.69 Å². The molecule has 140 valence electrons. The minimum atomic E-state index is -0.909. The first-order chi connectivity index (χ1) is 13.5. The lowest BCUT2D eigenvalue weighted by Gasteiger charge is -2.38. The minimum Gasteiger partial charge on any atom is -0.478 e. The van der Waals surface area contributed by atoms with Crippen molar-refractivity contribution in [1.82, 2.24) is 0 Å². The van der Waals surface area contributed by atoms with Crippen LogP contribution in [-0.4, -0.2) is 11.1 Å². The Labute approximate surface area is 172 Å². The van der Waals surface area contributed by atoms with Crippen LogP contribution in [0.1, 0.15) is 44.6 Å². The van der Waals surface area contributed by atoms with Gasteiger partial charge in [-0.2, -0.15) is 0 Å². The number of rotatable bonds is 2. The molecule has 5 heteroatoms. The standard InChI is InChI=1S/C23H17Cl2NO2/c24-14-6-7-16(19(25)11-14)22-18-9-12-3-1-2-4-15(12)21(18)17-10-13(23(27)28)5-8-20(17)26-22/h1-8,10-11,18,21-22,26H,9H2,(H,27,28)/t18-,21-,22+/m0/s1. The SMILES string of the molecule is O=C(O)c1ccc2c(c1)[C@@H]1c3ccccc3C[C@@H]1[C@@H](c1ccc(Cl)cc1Cl)N2. The molecule has 0 amide bonds. The molecule has 0 fully saturated rings. The van der Waals surface area contributed by atoms with Crippen LogP contribution in [0.3, 0.4) is 0 Å². The van der Waals surface area contributed by atoms with Gasteiger partial charge in [-0.25, -0.2) is 4.79 Å². The second kappa shape index (κ2) is 6.54. The van der Waals surface area contributed by atoms with Crippen LogP contribution in [0, 0.1) is 5.92 Å². The van der Waals surface area contributed by atoms with Crippen molar-refractivity contribution < 1.29 is 9.90 Å². The number of carboxylic acids is 1.